The van der Waals surface area contributed by atoms with E-state index in [1.807, 2.05) is 19.1 Å². The predicted molar refractivity (Wildman–Crippen MR) is 83.4 cm³/mol. The summed E-state index contributed by atoms with van der Waals surface area (Å²) >= 11 is 0. The molecule has 0 rings (SSSR count). The van der Waals surface area contributed by atoms with Crippen LogP contribution in [0, 0.1) is 5.92 Å². The van der Waals surface area contributed by atoms with Gasteiger partial charge in [0.2, 0.25) is 0 Å². The van der Waals surface area contributed by atoms with E-state index in [0.717, 1.165) is 30.7 Å². The molecule has 100 valence electrons. The summed E-state index contributed by atoms with van der Waals surface area (Å²) in [5, 5.41) is 3.29. The summed E-state index contributed by atoms with van der Waals surface area (Å²) in [6, 6.07) is 0. The van der Waals surface area contributed by atoms with Crippen LogP contribution >= 0.6 is 0 Å². The Balaban J connectivity index is 4.25. The molecule has 1 nitrogen and oxygen atoms in total. The molecule has 0 aliphatic heterocycles. The van der Waals surface area contributed by atoms with Gasteiger partial charge in [-0.3, -0.25) is 0 Å². The minimum Gasteiger partial charge on any atom is -0.385 e. The van der Waals surface area contributed by atoms with Gasteiger partial charge in [0.05, 0.1) is 0 Å². The van der Waals surface area contributed by atoms with E-state index in [0.29, 0.717) is 5.92 Å². The van der Waals surface area contributed by atoms with Crippen LogP contribution in [0.15, 0.2) is 60.9 Å². The normalized spacial score (nSPS) is 11.9. The highest BCUT2D eigenvalue weighted by Crippen LogP contribution is 2.08. The monoisotopic (exact) mass is 245 g/mol. The third-order valence-electron chi connectivity index (χ3n) is 2.48. The molecule has 0 fully saturated rings. The molecule has 0 aromatic carbocycles. The van der Waals surface area contributed by atoms with E-state index in [9.17, 15) is 0 Å². The van der Waals surface area contributed by atoms with Crippen molar-refractivity contribution in [3.63, 3.8) is 0 Å². The van der Waals surface area contributed by atoms with Gasteiger partial charge >= 0.3 is 0 Å². The van der Waals surface area contributed by atoms with Crippen molar-refractivity contribution in [3.8, 4) is 0 Å². The topological polar surface area (TPSA) is 12.0 Å². The van der Waals surface area contributed by atoms with Gasteiger partial charge in [-0.1, -0.05) is 56.9 Å². The maximum absolute atomic E-state index is 4.02. The average Bonchev–Trinajstić information content (AvgIpc) is 2.28. The molecule has 0 amide bonds. The SMILES string of the molecule is C=C/C(=C\C=C\CC(C)C)C(=C)NCCC(=C)C. The van der Waals surface area contributed by atoms with Crippen molar-refractivity contribution in [1.82, 2.24) is 5.32 Å². The van der Waals surface area contributed by atoms with Gasteiger partial charge in [0.25, 0.3) is 0 Å². The van der Waals surface area contributed by atoms with Gasteiger partial charge in [-0.25, -0.2) is 0 Å². The summed E-state index contributed by atoms with van der Waals surface area (Å²) in [5.41, 5.74) is 3.13. The number of allylic oxidation sites excluding steroid dienone is 4. The van der Waals surface area contributed by atoms with Crippen LogP contribution in [0.1, 0.15) is 33.6 Å². The van der Waals surface area contributed by atoms with Gasteiger partial charge in [0.1, 0.15) is 0 Å². The van der Waals surface area contributed by atoms with Crippen molar-refractivity contribution < 1.29 is 0 Å². The molecule has 0 radical (unpaired) electrons. The second kappa shape index (κ2) is 9.52. The van der Waals surface area contributed by atoms with E-state index in [4.69, 9.17) is 0 Å². The Morgan fingerprint density at radius 3 is 2.44 bits per heavy atom. The van der Waals surface area contributed by atoms with Crippen LogP contribution in [0.4, 0.5) is 0 Å². The highest BCUT2D eigenvalue weighted by atomic mass is 14.9. The van der Waals surface area contributed by atoms with Crippen LogP contribution in [-0.4, -0.2) is 6.54 Å². The Hall–Kier alpha value is -1.50. The van der Waals surface area contributed by atoms with Crippen molar-refractivity contribution in [2.75, 3.05) is 6.54 Å². The fourth-order valence-electron chi connectivity index (χ4n) is 1.34. The number of hydrogen-bond acceptors (Lipinski definition) is 1. The first kappa shape index (κ1) is 16.5. The predicted octanol–water partition coefficient (Wildman–Crippen LogP) is 4.77. The lowest BCUT2D eigenvalue weighted by molar-refractivity contribution is 0.664. The Bertz CT molecular complexity index is 343. The van der Waals surface area contributed by atoms with Gasteiger partial charge in [-0.2, -0.15) is 0 Å². The fourth-order valence-corrected chi connectivity index (χ4v) is 1.34. The molecule has 0 aromatic rings. The molecular weight excluding hydrogens is 218 g/mol. The molecule has 0 aliphatic rings. The van der Waals surface area contributed by atoms with Gasteiger partial charge in [-0.05, 0) is 31.3 Å². The second-order valence-electron chi connectivity index (χ2n) is 5.00. The zero-order valence-electron chi connectivity index (χ0n) is 12.1. The fraction of sp³-hybridized carbons (Fsp3) is 0.412. The van der Waals surface area contributed by atoms with Crippen molar-refractivity contribution in [3.05, 3.63) is 60.9 Å². The van der Waals surface area contributed by atoms with Crippen LogP contribution in [0.25, 0.3) is 0 Å². The maximum atomic E-state index is 4.02. The first-order valence-electron chi connectivity index (χ1n) is 6.54. The van der Waals surface area contributed by atoms with Crippen molar-refractivity contribution in [2.24, 2.45) is 5.92 Å². The molecule has 0 unspecified atom stereocenters. The Morgan fingerprint density at radius 2 is 1.94 bits per heavy atom. The van der Waals surface area contributed by atoms with Crippen molar-refractivity contribution >= 4 is 0 Å². The smallest absolute Gasteiger partial charge is 0.0340 e. The van der Waals surface area contributed by atoms with E-state index in [1.165, 1.54) is 5.57 Å². The van der Waals surface area contributed by atoms with Crippen molar-refractivity contribution in [2.45, 2.75) is 33.6 Å². The highest BCUT2D eigenvalue weighted by Gasteiger charge is 1.96. The van der Waals surface area contributed by atoms with Gasteiger partial charge in [-0.15, -0.1) is 6.58 Å². The summed E-state index contributed by atoms with van der Waals surface area (Å²) < 4.78 is 0. The van der Waals surface area contributed by atoms with E-state index < -0.39 is 0 Å². The van der Waals surface area contributed by atoms with Crippen LogP contribution in [0.3, 0.4) is 0 Å². The molecule has 0 spiro atoms. The molecule has 1 heteroatoms. The largest absolute Gasteiger partial charge is 0.385 e. The summed E-state index contributed by atoms with van der Waals surface area (Å²) in [6.45, 7) is 19.0. The highest BCUT2D eigenvalue weighted by molar-refractivity contribution is 5.38. The summed E-state index contributed by atoms with van der Waals surface area (Å²) in [6.07, 6.45) is 10.2. The molecule has 0 aromatic heterocycles. The van der Waals surface area contributed by atoms with Gasteiger partial charge in [0.15, 0.2) is 0 Å². The minimum atomic E-state index is 0.693. The van der Waals surface area contributed by atoms with Crippen LogP contribution in [0.5, 0.6) is 0 Å². The third kappa shape index (κ3) is 8.63. The summed E-state index contributed by atoms with van der Waals surface area (Å²) in [4.78, 5) is 0. The molecule has 0 atom stereocenters. The minimum absolute atomic E-state index is 0.693. The molecule has 0 aliphatic carbocycles. The van der Waals surface area contributed by atoms with E-state index in [-0.39, 0.29) is 0 Å². The van der Waals surface area contributed by atoms with E-state index >= 15 is 0 Å². The van der Waals surface area contributed by atoms with Crippen LogP contribution < -0.4 is 5.32 Å². The number of nitrogens with one attached hydrogen (secondary N) is 1. The van der Waals surface area contributed by atoms with Crippen LogP contribution in [-0.2, 0) is 0 Å². The van der Waals surface area contributed by atoms with Gasteiger partial charge in [0, 0.05) is 12.2 Å². The summed E-state index contributed by atoms with van der Waals surface area (Å²) in [5.74, 6) is 0.693. The van der Waals surface area contributed by atoms with Crippen molar-refractivity contribution in [1.29, 1.82) is 0 Å². The van der Waals surface area contributed by atoms with Crippen LogP contribution in [0.2, 0.25) is 0 Å². The zero-order valence-corrected chi connectivity index (χ0v) is 12.1. The lowest BCUT2D eigenvalue weighted by atomic mass is 10.1. The molecule has 0 bridgehead atoms. The van der Waals surface area contributed by atoms with Gasteiger partial charge < -0.3 is 5.32 Å². The standard InChI is InChI=1S/C17H27N/c1-7-17(11-9-8-10-14(2)3)16(6)18-13-12-15(4)5/h7-9,11,14,18H,1,4,6,10,12-13H2,2-3,5H3/b9-8+,17-11+. The Labute approximate surface area is 113 Å². The first-order valence-corrected chi connectivity index (χ1v) is 6.54. The molecule has 0 heterocycles. The van der Waals surface area contributed by atoms with E-state index in [2.05, 4.69) is 51.1 Å². The average molecular weight is 245 g/mol. The molecule has 0 saturated carbocycles. The van der Waals surface area contributed by atoms with E-state index in [1.54, 1.807) is 0 Å². The lowest BCUT2D eigenvalue weighted by Crippen LogP contribution is -2.15. The number of hydrogen-bond donors (Lipinski definition) is 1. The zero-order chi connectivity index (χ0) is 14.0. The Kier molecular flexibility index (Phi) is 8.73. The maximum Gasteiger partial charge on any atom is 0.0340 e. The first-order chi connectivity index (χ1) is 8.47. The molecule has 1 N–H and O–H groups in total. The molecular formula is C17H27N. The lowest BCUT2D eigenvalue weighted by Gasteiger charge is -2.09. The quantitative estimate of drug-likeness (QED) is 0.456. The third-order valence-corrected chi connectivity index (χ3v) is 2.48. The number of rotatable bonds is 9. The summed E-state index contributed by atoms with van der Waals surface area (Å²) in [7, 11) is 0. The second-order valence-corrected chi connectivity index (χ2v) is 5.00. The Morgan fingerprint density at radius 1 is 1.28 bits per heavy atom. The molecule has 0 saturated heterocycles. The molecule has 18 heavy (non-hydrogen) atoms.